The minimum atomic E-state index is -0.370. The monoisotopic (exact) mass is 435 g/mol. The van der Waals surface area contributed by atoms with Gasteiger partial charge in [-0.3, -0.25) is 14.9 Å². The van der Waals surface area contributed by atoms with Gasteiger partial charge in [0.05, 0.1) is 18.8 Å². The number of piperidine rings is 1. The Morgan fingerprint density at radius 1 is 1.12 bits per heavy atom. The minimum Gasteiger partial charge on any atom is -0.494 e. The van der Waals surface area contributed by atoms with Gasteiger partial charge >= 0.3 is 0 Å². The standard InChI is InChI=1S/C25H29N3O4/c1-27-10-12-28(13-11-27)9-2-14-31-18-4-5-19-17(15-18)3-7-22-24(19)21(16-32-22)20-6-8-23(29)26-25(20)30/h3-5,7,15-16,20H,2,6,8-14H2,1H3,(H,26,29,30). The van der Waals surface area contributed by atoms with E-state index in [2.05, 4.69) is 22.2 Å². The number of imide groups is 1. The van der Waals surface area contributed by atoms with Crippen LogP contribution in [0, 0.1) is 0 Å². The highest BCUT2D eigenvalue weighted by Gasteiger charge is 2.31. The first kappa shape index (κ1) is 21.0. The zero-order chi connectivity index (χ0) is 22.1. The number of hydrogen-bond donors (Lipinski definition) is 1. The van der Waals surface area contributed by atoms with E-state index in [1.807, 2.05) is 30.3 Å². The van der Waals surface area contributed by atoms with Crippen LogP contribution in [0.2, 0.25) is 0 Å². The van der Waals surface area contributed by atoms with Gasteiger partial charge in [0.25, 0.3) is 0 Å². The number of furan rings is 1. The summed E-state index contributed by atoms with van der Waals surface area (Å²) < 4.78 is 11.8. The molecule has 5 rings (SSSR count). The zero-order valence-electron chi connectivity index (χ0n) is 18.4. The lowest BCUT2D eigenvalue weighted by molar-refractivity contribution is -0.134. The highest BCUT2D eigenvalue weighted by atomic mass is 16.5. The molecular formula is C25H29N3O4. The number of ether oxygens (including phenoxy) is 1. The molecule has 7 nitrogen and oxygen atoms in total. The van der Waals surface area contributed by atoms with Crippen molar-refractivity contribution < 1.29 is 18.7 Å². The number of nitrogens with zero attached hydrogens (tertiary/aromatic N) is 2. The zero-order valence-corrected chi connectivity index (χ0v) is 18.4. The molecule has 3 aromatic rings. The van der Waals surface area contributed by atoms with Crippen molar-refractivity contribution in [1.82, 2.24) is 15.1 Å². The number of piperazine rings is 1. The van der Waals surface area contributed by atoms with Gasteiger partial charge in [-0.15, -0.1) is 0 Å². The summed E-state index contributed by atoms with van der Waals surface area (Å²) in [7, 11) is 2.17. The fourth-order valence-electron chi connectivity index (χ4n) is 4.76. The Morgan fingerprint density at radius 2 is 1.97 bits per heavy atom. The number of benzene rings is 2. The number of fused-ring (bicyclic) bond motifs is 3. The maximum atomic E-state index is 12.4. The summed E-state index contributed by atoms with van der Waals surface area (Å²) >= 11 is 0. The molecule has 0 bridgehead atoms. The molecule has 0 aliphatic carbocycles. The summed E-state index contributed by atoms with van der Waals surface area (Å²) in [6.45, 7) is 6.27. The van der Waals surface area contributed by atoms with E-state index in [9.17, 15) is 9.59 Å². The molecular weight excluding hydrogens is 406 g/mol. The van der Waals surface area contributed by atoms with Crippen LogP contribution in [0.5, 0.6) is 5.75 Å². The normalized spacial score (nSPS) is 20.7. The first-order valence-electron chi connectivity index (χ1n) is 11.4. The molecule has 7 heteroatoms. The van der Waals surface area contributed by atoms with Crippen LogP contribution < -0.4 is 10.1 Å². The van der Waals surface area contributed by atoms with Crippen LogP contribution in [-0.2, 0) is 9.59 Å². The number of carbonyl (C=O) groups is 2. The summed E-state index contributed by atoms with van der Waals surface area (Å²) in [6.07, 6.45) is 3.51. The Morgan fingerprint density at radius 3 is 2.78 bits per heavy atom. The van der Waals surface area contributed by atoms with Crippen LogP contribution in [0.4, 0.5) is 0 Å². The van der Waals surface area contributed by atoms with E-state index in [4.69, 9.17) is 9.15 Å². The van der Waals surface area contributed by atoms with E-state index < -0.39 is 0 Å². The van der Waals surface area contributed by atoms with E-state index in [1.54, 1.807) is 6.26 Å². The molecule has 32 heavy (non-hydrogen) atoms. The summed E-state index contributed by atoms with van der Waals surface area (Å²) in [5, 5.41) is 5.47. The van der Waals surface area contributed by atoms with Gasteiger partial charge in [0.1, 0.15) is 11.3 Å². The molecule has 1 unspecified atom stereocenters. The van der Waals surface area contributed by atoms with Crippen LogP contribution in [0.3, 0.4) is 0 Å². The Bertz CT molecular complexity index is 1150. The van der Waals surface area contributed by atoms with E-state index in [0.717, 1.165) is 72.2 Å². The molecule has 2 amide bonds. The molecule has 2 fully saturated rings. The third-order valence-electron chi connectivity index (χ3n) is 6.65. The lowest BCUT2D eigenvalue weighted by atomic mass is 9.89. The van der Waals surface area contributed by atoms with Gasteiger partial charge in [0.15, 0.2) is 0 Å². The second kappa shape index (κ2) is 8.92. The van der Waals surface area contributed by atoms with Crippen LogP contribution in [0.1, 0.15) is 30.7 Å². The number of rotatable bonds is 6. The Hall–Kier alpha value is -2.90. The molecule has 0 saturated carbocycles. The third kappa shape index (κ3) is 4.23. The largest absolute Gasteiger partial charge is 0.494 e. The maximum Gasteiger partial charge on any atom is 0.234 e. The van der Waals surface area contributed by atoms with Crippen LogP contribution >= 0.6 is 0 Å². The van der Waals surface area contributed by atoms with Crippen molar-refractivity contribution in [3.63, 3.8) is 0 Å². The number of likely N-dealkylation sites (N-methyl/N-ethyl adjacent to an activating group) is 1. The molecule has 2 aliphatic heterocycles. The number of amides is 2. The fraction of sp³-hybridized carbons (Fsp3) is 0.440. The van der Waals surface area contributed by atoms with Crippen LogP contribution in [0.15, 0.2) is 41.0 Å². The smallest absolute Gasteiger partial charge is 0.234 e. The molecule has 1 atom stereocenters. The number of hydrogen-bond acceptors (Lipinski definition) is 6. The van der Waals surface area contributed by atoms with Gasteiger partial charge in [-0.1, -0.05) is 6.07 Å². The van der Waals surface area contributed by atoms with Crippen molar-refractivity contribution in [2.24, 2.45) is 0 Å². The van der Waals surface area contributed by atoms with Gasteiger partial charge in [-0.05, 0) is 54.9 Å². The molecule has 0 radical (unpaired) electrons. The third-order valence-corrected chi connectivity index (χ3v) is 6.65. The first-order valence-corrected chi connectivity index (χ1v) is 11.4. The van der Waals surface area contributed by atoms with Crippen molar-refractivity contribution >= 4 is 33.6 Å². The summed E-state index contributed by atoms with van der Waals surface area (Å²) in [5.41, 5.74) is 1.59. The Balaban J connectivity index is 1.30. The molecule has 0 spiro atoms. The maximum absolute atomic E-state index is 12.4. The SMILES string of the molecule is CN1CCN(CCCOc2ccc3c(ccc4occ(C5CCC(=O)NC5=O)c43)c2)CC1. The summed E-state index contributed by atoms with van der Waals surface area (Å²) in [5.74, 6) is 0.0194. The van der Waals surface area contributed by atoms with E-state index in [-0.39, 0.29) is 17.7 Å². The quantitative estimate of drug-likeness (QED) is 0.474. The van der Waals surface area contributed by atoms with Crippen molar-refractivity contribution in [3.8, 4) is 5.75 Å². The molecule has 2 aliphatic rings. The predicted molar refractivity (Wildman–Crippen MR) is 123 cm³/mol. The van der Waals surface area contributed by atoms with Crippen molar-refractivity contribution in [1.29, 1.82) is 0 Å². The van der Waals surface area contributed by atoms with Gasteiger partial charge < -0.3 is 19.0 Å². The molecule has 2 aromatic carbocycles. The second-order valence-electron chi connectivity index (χ2n) is 8.86. The molecule has 1 aromatic heterocycles. The topological polar surface area (TPSA) is 75.0 Å². The van der Waals surface area contributed by atoms with Crippen molar-refractivity contribution in [2.75, 3.05) is 46.4 Å². The van der Waals surface area contributed by atoms with Crippen molar-refractivity contribution in [2.45, 2.75) is 25.2 Å². The summed E-state index contributed by atoms with van der Waals surface area (Å²) in [6, 6.07) is 10.0. The average molecular weight is 436 g/mol. The molecule has 2 saturated heterocycles. The Kier molecular flexibility index (Phi) is 5.85. The van der Waals surface area contributed by atoms with Gasteiger partial charge in [0, 0.05) is 50.1 Å². The second-order valence-corrected chi connectivity index (χ2v) is 8.86. The van der Waals surface area contributed by atoms with E-state index in [0.29, 0.717) is 19.4 Å². The highest BCUT2D eigenvalue weighted by Crippen LogP contribution is 2.37. The summed E-state index contributed by atoms with van der Waals surface area (Å²) in [4.78, 5) is 28.8. The minimum absolute atomic E-state index is 0.210. The fourth-order valence-corrected chi connectivity index (χ4v) is 4.76. The van der Waals surface area contributed by atoms with E-state index in [1.165, 1.54) is 0 Å². The molecule has 1 N–H and O–H groups in total. The van der Waals surface area contributed by atoms with Gasteiger partial charge in [-0.2, -0.15) is 0 Å². The first-order chi connectivity index (χ1) is 15.6. The van der Waals surface area contributed by atoms with Gasteiger partial charge in [0.2, 0.25) is 11.8 Å². The van der Waals surface area contributed by atoms with Crippen molar-refractivity contribution in [3.05, 3.63) is 42.2 Å². The lowest BCUT2D eigenvalue weighted by Crippen LogP contribution is -2.44. The lowest BCUT2D eigenvalue weighted by Gasteiger charge is -2.32. The number of nitrogens with one attached hydrogen (secondary N) is 1. The molecule has 3 heterocycles. The highest BCUT2D eigenvalue weighted by molar-refractivity contribution is 6.10. The van der Waals surface area contributed by atoms with Crippen LogP contribution in [0.25, 0.3) is 21.7 Å². The van der Waals surface area contributed by atoms with E-state index >= 15 is 0 Å². The van der Waals surface area contributed by atoms with Gasteiger partial charge in [-0.25, -0.2) is 0 Å². The Labute approximate surface area is 187 Å². The molecule has 168 valence electrons. The predicted octanol–water partition coefficient (Wildman–Crippen LogP) is 3.12. The van der Waals surface area contributed by atoms with Crippen LogP contribution in [-0.4, -0.2) is 68.0 Å². The number of carbonyl (C=O) groups excluding carboxylic acids is 2. The average Bonchev–Trinajstić information content (AvgIpc) is 3.22.